The number of aromatic nitrogens is 1. The average Bonchev–Trinajstić information content (AvgIpc) is 3.01. The average molecular weight is 301 g/mol. The molecule has 1 unspecified atom stereocenters. The minimum absolute atomic E-state index is 0.0419. The number of hydrogen-bond donors (Lipinski definition) is 0. The zero-order valence-corrected chi connectivity index (χ0v) is 12.8. The summed E-state index contributed by atoms with van der Waals surface area (Å²) in [5, 5.41) is 0. The first-order valence-corrected chi connectivity index (χ1v) is 7.57. The number of pyridine rings is 1. The van der Waals surface area contributed by atoms with Gasteiger partial charge in [-0.15, -0.1) is 0 Å². The van der Waals surface area contributed by atoms with E-state index in [1.165, 1.54) is 12.1 Å². The third kappa shape index (κ3) is 2.64. The summed E-state index contributed by atoms with van der Waals surface area (Å²) in [5.41, 5.74) is 1.90. The van der Waals surface area contributed by atoms with Gasteiger partial charge in [0.1, 0.15) is 5.82 Å². The Hall–Kier alpha value is -1.78. The molecule has 0 radical (unpaired) electrons. The molecule has 2 heterocycles. The van der Waals surface area contributed by atoms with Crippen molar-refractivity contribution in [3.05, 3.63) is 65.7 Å². The highest BCUT2D eigenvalue weighted by Crippen LogP contribution is 2.47. The Morgan fingerprint density at radius 3 is 2.32 bits per heavy atom. The monoisotopic (exact) mass is 301 g/mol. The van der Waals surface area contributed by atoms with Crippen LogP contribution >= 0.6 is 0 Å². The lowest BCUT2D eigenvalue weighted by Gasteiger charge is -2.38. The van der Waals surface area contributed by atoms with E-state index in [4.69, 9.17) is 9.47 Å². The summed E-state index contributed by atoms with van der Waals surface area (Å²) in [6.07, 6.45) is 3.51. The van der Waals surface area contributed by atoms with Gasteiger partial charge in [0.15, 0.2) is 0 Å². The number of benzene rings is 1. The quantitative estimate of drug-likeness (QED) is 0.859. The highest BCUT2D eigenvalue weighted by molar-refractivity contribution is 5.29. The van der Waals surface area contributed by atoms with Crippen molar-refractivity contribution in [3.63, 3.8) is 0 Å². The molecular weight excluding hydrogens is 281 g/mol. The lowest BCUT2D eigenvalue weighted by molar-refractivity contribution is -0.192. The molecule has 0 aliphatic carbocycles. The maximum atomic E-state index is 13.3. The van der Waals surface area contributed by atoms with Crippen molar-refractivity contribution >= 4 is 0 Å². The number of ether oxygens (including phenoxy) is 2. The Morgan fingerprint density at radius 1 is 1.09 bits per heavy atom. The van der Waals surface area contributed by atoms with Crippen molar-refractivity contribution in [2.75, 3.05) is 13.2 Å². The molecule has 1 aromatic heterocycles. The zero-order valence-electron chi connectivity index (χ0n) is 12.8. The molecule has 1 aliphatic heterocycles. The zero-order chi connectivity index (χ0) is 15.6. The molecule has 1 atom stereocenters. The Labute approximate surface area is 130 Å². The Bertz CT molecular complexity index is 607. The highest BCUT2D eigenvalue weighted by atomic mass is 19.1. The summed E-state index contributed by atoms with van der Waals surface area (Å²) in [4.78, 5) is 4.20. The van der Waals surface area contributed by atoms with E-state index in [1.54, 1.807) is 12.4 Å². The maximum absolute atomic E-state index is 13.3. The molecule has 0 bridgehead atoms. The second-order valence-electron chi connectivity index (χ2n) is 5.88. The standard InChI is InChI=1S/C18H20FNO2/c1-13(2)17(14-5-7-16(19)8-6-14)18(21-10-11-22-18)15-4-3-9-20-12-15/h3-9,12-13,17H,10-11H2,1-2H3. The van der Waals surface area contributed by atoms with Crippen molar-refractivity contribution in [1.82, 2.24) is 4.98 Å². The molecule has 1 aromatic carbocycles. The van der Waals surface area contributed by atoms with Crippen LogP contribution in [0.25, 0.3) is 0 Å². The minimum Gasteiger partial charge on any atom is -0.343 e. The molecule has 3 rings (SSSR count). The van der Waals surface area contributed by atoms with Crippen LogP contribution in [0.2, 0.25) is 0 Å². The van der Waals surface area contributed by atoms with E-state index in [1.807, 2.05) is 24.3 Å². The third-order valence-electron chi connectivity index (χ3n) is 4.09. The van der Waals surface area contributed by atoms with Crippen molar-refractivity contribution in [1.29, 1.82) is 0 Å². The van der Waals surface area contributed by atoms with E-state index in [9.17, 15) is 4.39 Å². The van der Waals surface area contributed by atoms with Gasteiger partial charge in [-0.1, -0.05) is 32.0 Å². The minimum atomic E-state index is -0.861. The fourth-order valence-electron chi connectivity index (χ4n) is 3.24. The van der Waals surface area contributed by atoms with E-state index in [0.717, 1.165) is 11.1 Å². The smallest absolute Gasteiger partial charge is 0.203 e. The van der Waals surface area contributed by atoms with Gasteiger partial charge in [0.05, 0.1) is 13.2 Å². The fraction of sp³-hybridized carbons (Fsp3) is 0.389. The van der Waals surface area contributed by atoms with Crippen LogP contribution in [0.1, 0.15) is 30.9 Å². The van der Waals surface area contributed by atoms with E-state index in [0.29, 0.717) is 13.2 Å². The number of rotatable bonds is 4. The summed E-state index contributed by atoms with van der Waals surface area (Å²) < 4.78 is 25.4. The molecule has 1 fully saturated rings. The first-order valence-electron chi connectivity index (χ1n) is 7.57. The molecule has 3 nitrogen and oxygen atoms in total. The van der Waals surface area contributed by atoms with Gasteiger partial charge in [-0.3, -0.25) is 4.98 Å². The summed E-state index contributed by atoms with van der Waals surface area (Å²) >= 11 is 0. The van der Waals surface area contributed by atoms with E-state index in [2.05, 4.69) is 18.8 Å². The SMILES string of the molecule is CC(C)C(c1ccc(F)cc1)C1(c2cccnc2)OCCO1. The van der Waals surface area contributed by atoms with Gasteiger partial charge in [0.2, 0.25) is 5.79 Å². The van der Waals surface area contributed by atoms with Crippen LogP contribution in [0, 0.1) is 11.7 Å². The normalized spacial score (nSPS) is 18.5. The van der Waals surface area contributed by atoms with Crippen LogP contribution in [0.5, 0.6) is 0 Å². The second kappa shape index (κ2) is 6.15. The summed E-state index contributed by atoms with van der Waals surface area (Å²) in [6, 6.07) is 10.4. The van der Waals surface area contributed by atoms with Gasteiger partial charge in [0, 0.05) is 23.9 Å². The molecular formula is C18H20FNO2. The van der Waals surface area contributed by atoms with E-state index < -0.39 is 5.79 Å². The van der Waals surface area contributed by atoms with Crippen LogP contribution in [-0.4, -0.2) is 18.2 Å². The van der Waals surface area contributed by atoms with E-state index in [-0.39, 0.29) is 17.7 Å². The third-order valence-corrected chi connectivity index (χ3v) is 4.09. The topological polar surface area (TPSA) is 31.4 Å². The van der Waals surface area contributed by atoms with Crippen molar-refractivity contribution in [2.45, 2.75) is 25.6 Å². The number of nitrogens with zero attached hydrogens (tertiary/aromatic N) is 1. The molecule has 22 heavy (non-hydrogen) atoms. The first-order chi connectivity index (χ1) is 10.6. The lowest BCUT2D eigenvalue weighted by Crippen LogP contribution is -2.37. The van der Waals surface area contributed by atoms with Crippen LogP contribution in [-0.2, 0) is 15.3 Å². The molecule has 0 spiro atoms. The van der Waals surface area contributed by atoms with Gasteiger partial charge in [0.25, 0.3) is 0 Å². The van der Waals surface area contributed by atoms with Crippen LogP contribution in [0.3, 0.4) is 0 Å². The Balaban J connectivity index is 2.09. The predicted molar refractivity (Wildman–Crippen MR) is 81.8 cm³/mol. The van der Waals surface area contributed by atoms with Crippen LogP contribution < -0.4 is 0 Å². The van der Waals surface area contributed by atoms with Crippen LogP contribution in [0.15, 0.2) is 48.8 Å². The lowest BCUT2D eigenvalue weighted by atomic mass is 9.78. The van der Waals surface area contributed by atoms with Gasteiger partial charge >= 0.3 is 0 Å². The molecule has 0 N–H and O–H groups in total. The number of hydrogen-bond acceptors (Lipinski definition) is 3. The predicted octanol–water partition coefficient (Wildman–Crippen LogP) is 3.86. The fourth-order valence-corrected chi connectivity index (χ4v) is 3.24. The van der Waals surface area contributed by atoms with Gasteiger partial charge in [-0.2, -0.15) is 0 Å². The Morgan fingerprint density at radius 2 is 1.77 bits per heavy atom. The molecule has 116 valence electrons. The second-order valence-corrected chi connectivity index (χ2v) is 5.88. The highest BCUT2D eigenvalue weighted by Gasteiger charge is 2.48. The summed E-state index contributed by atoms with van der Waals surface area (Å²) in [6.45, 7) is 5.33. The van der Waals surface area contributed by atoms with E-state index >= 15 is 0 Å². The van der Waals surface area contributed by atoms with Crippen molar-refractivity contribution in [2.24, 2.45) is 5.92 Å². The molecule has 0 saturated carbocycles. The largest absolute Gasteiger partial charge is 0.343 e. The first kappa shape index (κ1) is 15.1. The molecule has 1 aliphatic rings. The summed E-state index contributed by atoms with van der Waals surface area (Å²) in [5.74, 6) is -0.890. The maximum Gasteiger partial charge on any atom is 0.203 e. The van der Waals surface area contributed by atoms with Crippen molar-refractivity contribution in [3.8, 4) is 0 Å². The van der Waals surface area contributed by atoms with Gasteiger partial charge < -0.3 is 9.47 Å². The summed E-state index contributed by atoms with van der Waals surface area (Å²) in [7, 11) is 0. The van der Waals surface area contributed by atoms with Crippen LogP contribution in [0.4, 0.5) is 4.39 Å². The molecule has 2 aromatic rings. The number of halogens is 1. The molecule has 0 amide bonds. The Kier molecular flexibility index (Phi) is 4.23. The molecule has 1 saturated heterocycles. The van der Waals surface area contributed by atoms with Gasteiger partial charge in [-0.25, -0.2) is 4.39 Å². The van der Waals surface area contributed by atoms with Gasteiger partial charge in [-0.05, 0) is 29.7 Å². The molecule has 4 heteroatoms. The van der Waals surface area contributed by atoms with Crippen molar-refractivity contribution < 1.29 is 13.9 Å².